The van der Waals surface area contributed by atoms with Crippen LogP contribution in [0.1, 0.15) is 43.9 Å². The highest BCUT2D eigenvalue weighted by Gasteiger charge is 2.06. The smallest absolute Gasteiger partial charge is 0.00966 e. The molecule has 0 saturated carbocycles. The lowest BCUT2D eigenvalue weighted by molar-refractivity contribution is 0.431. The molecule has 94 valence electrons. The largest absolute Gasteiger partial charge is 0.312 e. The molecule has 0 fully saturated rings. The molecule has 1 heteroatoms. The van der Waals surface area contributed by atoms with Crippen LogP contribution in [0, 0.1) is 13.8 Å². The van der Waals surface area contributed by atoms with Gasteiger partial charge in [-0.05, 0) is 64.3 Å². The summed E-state index contributed by atoms with van der Waals surface area (Å²) in [5, 5.41) is 3.48. The van der Waals surface area contributed by atoms with Crippen LogP contribution in [-0.4, -0.2) is 12.1 Å². The van der Waals surface area contributed by atoms with Crippen LogP contribution >= 0.6 is 0 Å². The van der Waals surface area contributed by atoms with Gasteiger partial charge < -0.3 is 5.32 Å². The lowest BCUT2D eigenvalue weighted by atomic mass is 10.1. The molecule has 0 unspecified atom stereocenters. The second-order valence-corrected chi connectivity index (χ2v) is 5.71. The van der Waals surface area contributed by atoms with E-state index >= 15 is 0 Å². The van der Waals surface area contributed by atoms with Crippen LogP contribution in [0.25, 0.3) is 6.08 Å². The maximum absolute atomic E-state index is 3.48. The van der Waals surface area contributed by atoms with Crippen molar-refractivity contribution in [3.05, 3.63) is 41.0 Å². The van der Waals surface area contributed by atoms with Gasteiger partial charge in [0.25, 0.3) is 0 Å². The molecule has 0 radical (unpaired) electrons. The molecule has 0 saturated heterocycles. The quantitative estimate of drug-likeness (QED) is 0.769. The molecule has 0 heterocycles. The summed E-state index contributed by atoms with van der Waals surface area (Å²) in [6.07, 6.45) is 5.52. The van der Waals surface area contributed by atoms with Gasteiger partial charge in [0, 0.05) is 5.54 Å². The Morgan fingerprint density at radius 1 is 1.12 bits per heavy atom. The molecule has 0 aliphatic rings. The van der Waals surface area contributed by atoms with Crippen molar-refractivity contribution >= 4 is 6.08 Å². The number of nitrogens with one attached hydrogen (secondary N) is 1. The van der Waals surface area contributed by atoms with Crippen LogP contribution in [-0.2, 0) is 0 Å². The van der Waals surface area contributed by atoms with Crippen molar-refractivity contribution in [3.8, 4) is 0 Å². The summed E-state index contributed by atoms with van der Waals surface area (Å²) >= 11 is 0. The minimum atomic E-state index is 0.217. The van der Waals surface area contributed by atoms with Gasteiger partial charge in [0.2, 0.25) is 0 Å². The van der Waals surface area contributed by atoms with Crippen LogP contribution in [0.4, 0.5) is 0 Å². The van der Waals surface area contributed by atoms with Crippen molar-refractivity contribution in [3.63, 3.8) is 0 Å². The van der Waals surface area contributed by atoms with Crippen molar-refractivity contribution in [2.24, 2.45) is 0 Å². The molecule has 0 amide bonds. The van der Waals surface area contributed by atoms with Crippen LogP contribution in [0.2, 0.25) is 0 Å². The standard InChI is InChI=1S/C16H25N/c1-13-9-10-15(12-14(13)2)8-6-7-11-17-16(3,4)5/h6,8-10,12,17H,7,11H2,1-5H3. The van der Waals surface area contributed by atoms with E-state index in [9.17, 15) is 0 Å². The lowest BCUT2D eigenvalue weighted by Gasteiger charge is -2.19. The number of benzene rings is 1. The molecule has 17 heavy (non-hydrogen) atoms. The molecular weight excluding hydrogens is 206 g/mol. The zero-order chi connectivity index (χ0) is 12.9. The molecule has 0 aromatic heterocycles. The van der Waals surface area contributed by atoms with Crippen molar-refractivity contribution < 1.29 is 0 Å². The zero-order valence-electron chi connectivity index (χ0n) is 11.8. The predicted molar refractivity (Wildman–Crippen MR) is 77.3 cm³/mol. The molecule has 1 nitrogen and oxygen atoms in total. The van der Waals surface area contributed by atoms with E-state index in [2.05, 4.69) is 70.3 Å². The summed E-state index contributed by atoms with van der Waals surface area (Å²) in [4.78, 5) is 0. The van der Waals surface area contributed by atoms with E-state index in [4.69, 9.17) is 0 Å². The van der Waals surface area contributed by atoms with Gasteiger partial charge in [-0.1, -0.05) is 30.4 Å². The van der Waals surface area contributed by atoms with E-state index in [0.29, 0.717) is 0 Å². The SMILES string of the molecule is Cc1ccc(C=CCCNC(C)(C)C)cc1C. The normalized spacial score (nSPS) is 12.3. The average Bonchev–Trinajstić information content (AvgIpc) is 2.21. The molecule has 0 aliphatic carbocycles. The van der Waals surface area contributed by atoms with Gasteiger partial charge in [-0.2, -0.15) is 0 Å². The molecule has 1 rings (SSSR count). The molecule has 0 atom stereocenters. The molecular formula is C16H25N. The van der Waals surface area contributed by atoms with E-state index in [1.54, 1.807) is 0 Å². The maximum atomic E-state index is 3.48. The highest BCUT2D eigenvalue weighted by Crippen LogP contribution is 2.11. The van der Waals surface area contributed by atoms with Gasteiger partial charge in [0.1, 0.15) is 0 Å². The van der Waals surface area contributed by atoms with E-state index in [1.165, 1.54) is 16.7 Å². The van der Waals surface area contributed by atoms with Crippen LogP contribution in [0.15, 0.2) is 24.3 Å². The lowest BCUT2D eigenvalue weighted by Crippen LogP contribution is -2.36. The highest BCUT2D eigenvalue weighted by atomic mass is 14.9. The van der Waals surface area contributed by atoms with Gasteiger partial charge in [-0.15, -0.1) is 0 Å². The summed E-state index contributed by atoms with van der Waals surface area (Å²) in [5.41, 5.74) is 4.23. The Morgan fingerprint density at radius 2 is 1.82 bits per heavy atom. The molecule has 1 N–H and O–H groups in total. The van der Waals surface area contributed by atoms with Gasteiger partial charge in [-0.3, -0.25) is 0 Å². The Labute approximate surface area is 106 Å². The predicted octanol–water partition coefficient (Wildman–Crippen LogP) is 4.09. The third kappa shape index (κ3) is 5.69. The summed E-state index contributed by atoms with van der Waals surface area (Å²) in [6.45, 7) is 11.9. The summed E-state index contributed by atoms with van der Waals surface area (Å²) < 4.78 is 0. The number of aryl methyl sites for hydroxylation is 2. The third-order valence-electron chi connectivity index (χ3n) is 2.81. The van der Waals surface area contributed by atoms with Crippen LogP contribution in [0.5, 0.6) is 0 Å². The Morgan fingerprint density at radius 3 is 2.41 bits per heavy atom. The fourth-order valence-corrected chi connectivity index (χ4v) is 1.62. The van der Waals surface area contributed by atoms with Crippen molar-refractivity contribution in [2.45, 2.75) is 46.6 Å². The molecule has 1 aromatic carbocycles. The second kappa shape index (κ2) is 6.02. The van der Waals surface area contributed by atoms with Crippen molar-refractivity contribution in [2.75, 3.05) is 6.54 Å². The topological polar surface area (TPSA) is 12.0 Å². The van der Waals surface area contributed by atoms with E-state index in [-0.39, 0.29) is 5.54 Å². The molecule has 0 aliphatic heterocycles. The third-order valence-corrected chi connectivity index (χ3v) is 2.81. The second-order valence-electron chi connectivity index (χ2n) is 5.71. The Hall–Kier alpha value is -1.08. The molecule has 0 bridgehead atoms. The first-order chi connectivity index (χ1) is 7.88. The number of hydrogen-bond donors (Lipinski definition) is 1. The Kier molecular flexibility index (Phi) is 4.95. The Balaban J connectivity index is 2.41. The van der Waals surface area contributed by atoms with Gasteiger partial charge >= 0.3 is 0 Å². The van der Waals surface area contributed by atoms with Gasteiger partial charge in [-0.25, -0.2) is 0 Å². The van der Waals surface area contributed by atoms with E-state index in [1.807, 2.05) is 0 Å². The first-order valence-corrected chi connectivity index (χ1v) is 6.37. The first kappa shape index (κ1) is 14.0. The summed E-state index contributed by atoms with van der Waals surface area (Å²) in [6, 6.07) is 6.60. The van der Waals surface area contributed by atoms with E-state index in [0.717, 1.165) is 13.0 Å². The first-order valence-electron chi connectivity index (χ1n) is 6.37. The van der Waals surface area contributed by atoms with Crippen LogP contribution in [0.3, 0.4) is 0 Å². The van der Waals surface area contributed by atoms with Crippen molar-refractivity contribution in [1.29, 1.82) is 0 Å². The van der Waals surface area contributed by atoms with Gasteiger partial charge in [0.05, 0.1) is 0 Å². The molecule has 1 aromatic rings. The van der Waals surface area contributed by atoms with E-state index < -0.39 is 0 Å². The maximum Gasteiger partial charge on any atom is 0.00966 e. The highest BCUT2D eigenvalue weighted by molar-refractivity contribution is 5.51. The van der Waals surface area contributed by atoms with Gasteiger partial charge in [0.15, 0.2) is 0 Å². The Bertz CT molecular complexity index is 383. The monoisotopic (exact) mass is 231 g/mol. The minimum Gasteiger partial charge on any atom is -0.312 e. The van der Waals surface area contributed by atoms with Crippen LogP contribution < -0.4 is 5.32 Å². The number of rotatable bonds is 4. The molecule has 0 spiro atoms. The summed E-state index contributed by atoms with van der Waals surface area (Å²) in [5.74, 6) is 0. The fourth-order valence-electron chi connectivity index (χ4n) is 1.62. The fraction of sp³-hybridized carbons (Fsp3) is 0.500. The zero-order valence-corrected chi connectivity index (χ0v) is 11.8. The number of hydrogen-bond acceptors (Lipinski definition) is 1. The summed E-state index contributed by atoms with van der Waals surface area (Å²) in [7, 11) is 0. The average molecular weight is 231 g/mol. The minimum absolute atomic E-state index is 0.217. The van der Waals surface area contributed by atoms with Crippen molar-refractivity contribution in [1.82, 2.24) is 5.32 Å².